The molecule has 3 aromatic rings. The van der Waals surface area contributed by atoms with E-state index in [-0.39, 0.29) is 31.2 Å². The fourth-order valence-corrected chi connectivity index (χ4v) is 3.85. The summed E-state index contributed by atoms with van der Waals surface area (Å²) < 4.78 is 13.9. The molecule has 3 rings (SSSR count). The highest BCUT2D eigenvalue weighted by molar-refractivity contribution is 7.18. The molecule has 2 amide bonds. The molecular weight excluding hydrogens is 403 g/mol. The van der Waals surface area contributed by atoms with Crippen molar-refractivity contribution in [1.82, 2.24) is 15.6 Å². The van der Waals surface area contributed by atoms with Crippen molar-refractivity contribution in [3.8, 4) is 17.2 Å². The molecule has 1 aromatic heterocycles. The van der Waals surface area contributed by atoms with Gasteiger partial charge in [-0.1, -0.05) is 23.7 Å². The second-order valence-electron chi connectivity index (χ2n) is 5.81. The highest BCUT2D eigenvalue weighted by atomic mass is 35.5. The maximum atomic E-state index is 13.1. The third kappa shape index (κ3) is 4.82. The summed E-state index contributed by atoms with van der Waals surface area (Å²) >= 11 is 7.66. The Labute approximate surface area is 169 Å². The Morgan fingerprint density at radius 2 is 1.89 bits per heavy atom. The molecule has 6 nitrogen and oxygen atoms in total. The third-order valence-electron chi connectivity index (χ3n) is 3.79. The van der Waals surface area contributed by atoms with Crippen molar-refractivity contribution in [3.63, 3.8) is 0 Å². The first-order valence-electron chi connectivity index (χ1n) is 8.21. The zero-order valence-electron chi connectivity index (χ0n) is 14.5. The number of carbonyl (C=O) groups excluding carboxylic acids is 2. The molecule has 0 spiro atoms. The lowest BCUT2D eigenvalue weighted by molar-refractivity contribution is -0.125. The van der Waals surface area contributed by atoms with Crippen LogP contribution in [0.5, 0.6) is 0 Å². The molecule has 2 N–H and O–H groups in total. The number of hydrogen-bond donors (Lipinski definition) is 2. The molecule has 1 heterocycles. The lowest BCUT2D eigenvalue weighted by atomic mass is 10.1. The molecule has 0 aliphatic carbocycles. The molecule has 28 heavy (non-hydrogen) atoms. The molecule has 0 aliphatic heterocycles. The Morgan fingerprint density at radius 3 is 2.61 bits per heavy atom. The van der Waals surface area contributed by atoms with Gasteiger partial charge in [-0.15, -0.1) is 11.3 Å². The third-order valence-corrected chi connectivity index (χ3v) is 5.08. The van der Waals surface area contributed by atoms with Crippen LogP contribution in [0.15, 0.2) is 36.4 Å². The lowest BCUT2D eigenvalue weighted by Crippen LogP contribution is -2.37. The number of aromatic nitrogens is 1. The number of halogens is 2. The minimum atomic E-state index is -0.439. The number of nitriles is 1. The number of nitrogens with zero attached hydrogens (tertiary/aromatic N) is 2. The Hall–Kier alpha value is -3.02. The topological polar surface area (TPSA) is 94.9 Å². The number of benzene rings is 2. The molecule has 0 bridgehead atoms. The van der Waals surface area contributed by atoms with E-state index in [9.17, 15) is 14.0 Å². The minimum absolute atomic E-state index is 0.00703. The van der Waals surface area contributed by atoms with Gasteiger partial charge in [-0.2, -0.15) is 5.26 Å². The van der Waals surface area contributed by atoms with Crippen LogP contribution in [-0.4, -0.2) is 29.9 Å². The molecule has 0 saturated heterocycles. The summed E-state index contributed by atoms with van der Waals surface area (Å²) in [6.45, 7) is -0.317. The molecule has 0 aliphatic rings. The quantitative estimate of drug-likeness (QED) is 0.604. The van der Waals surface area contributed by atoms with Crippen LogP contribution < -0.4 is 10.6 Å². The summed E-state index contributed by atoms with van der Waals surface area (Å²) in [6, 6.07) is 11.5. The Balaban J connectivity index is 1.72. The number of thiazole rings is 1. The minimum Gasteiger partial charge on any atom is -0.347 e. The second kappa shape index (κ2) is 8.78. The summed E-state index contributed by atoms with van der Waals surface area (Å²) in [4.78, 5) is 27.8. The first kappa shape index (κ1) is 19.7. The number of carbonyl (C=O) groups is 2. The first-order chi connectivity index (χ1) is 13.5. The average molecular weight is 417 g/mol. The molecule has 0 radical (unpaired) electrons. The van der Waals surface area contributed by atoms with Gasteiger partial charge in [0.1, 0.15) is 22.9 Å². The van der Waals surface area contributed by atoms with Gasteiger partial charge in [0.25, 0.3) is 0 Å². The van der Waals surface area contributed by atoms with E-state index in [0.29, 0.717) is 15.5 Å². The average Bonchev–Trinajstić information content (AvgIpc) is 3.08. The summed E-state index contributed by atoms with van der Waals surface area (Å²) in [7, 11) is 0. The predicted molar refractivity (Wildman–Crippen MR) is 105 cm³/mol. The largest absolute Gasteiger partial charge is 0.347 e. The van der Waals surface area contributed by atoms with Crippen molar-refractivity contribution < 1.29 is 14.0 Å². The van der Waals surface area contributed by atoms with E-state index in [1.165, 1.54) is 23.5 Å². The number of hydrogen-bond acceptors (Lipinski definition) is 5. The zero-order valence-corrected chi connectivity index (χ0v) is 16.0. The molecule has 2 aromatic carbocycles. The van der Waals surface area contributed by atoms with E-state index < -0.39 is 5.91 Å². The fraction of sp³-hybridized carbons (Fsp3) is 0.158. The molecular formula is C19H14ClFN4O2S. The van der Waals surface area contributed by atoms with Gasteiger partial charge < -0.3 is 10.6 Å². The van der Waals surface area contributed by atoms with Crippen LogP contribution in [-0.2, 0) is 16.0 Å². The molecule has 9 heteroatoms. The van der Waals surface area contributed by atoms with Crippen LogP contribution in [0.4, 0.5) is 4.39 Å². The van der Waals surface area contributed by atoms with Gasteiger partial charge in [-0.05, 0) is 35.4 Å². The van der Waals surface area contributed by atoms with E-state index in [2.05, 4.69) is 15.6 Å². The summed E-state index contributed by atoms with van der Waals surface area (Å²) in [6.07, 6.45) is 0.00703. The van der Waals surface area contributed by atoms with Gasteiger partial charge >= 0.3 is 0 Å². The Bertz CT molecular complexity index is 1080. The highest BCUT2D eigenvalue weighted by Crippen LogP contribution is 2.34. The first-order valence-corrected chi connectivity index (χ1v) is 9.41. The molecule has 0 unspecified atom stereocenters. The Morgan fingerprint density at radius 1 is 1.14 bits per heavy atom. The number of nitrogens with one attached hydrogen (secondary N) is 2. The molecule has 0 fully saturated rings. The van der Waals surface area contributed by atoms with Crippen LogP contribution >= 0.6 is 22.9 Å². The van der Waals surface area contributed by atoms with Crippen molar-refractivity contribution >= 4 is 45.0 Å². The van der Waals surface area contributed by atoms with Crippen LogP contribution in [0.1, 0.15) is 5.01 Å². The van der Waals surface area contributed by atoms with Crippen molar-refractivity contribution in [1.29, 1.82) is 5.26 Å². The van der Waals surface area contributed by atoms with E-state index in [1.807, 2.05) is 6.07 Å². The van der Waals surface area contributed by atoms with E-state index in [1.54, 1.807) is 24.3 Å². The number of fused-ring (bicyclic) bond motifs is 1. The van der Waals surface area contributed by atoms with E-state index >= 15 is 0 Å². The smallest absolute Gasteiger partial charge is 0.240 e. The van der Waals surface area contributed by atoms with Gasteiger partial charge in [0.05, 0.1) is 28.8 Å². The second-order valence-corrected chi connectivity index (χ2v) is 7.33. The standard InChI is InChI=1S/C19H14ClFN4O2S/c20-14-7-12(11-1-3-13(21)4-2-11)8-15-19(14)25-18(28-15)9-16(26)24-10-17(27)23-6-5-22/h1-4,7-8H,6,9-10H2,(H,23,27)(H,24,26). The highest BCUT2D eigenvalue weighted by Gasteiger charge is 2.13. The predicted octanol–water partition coefficient (Wildman–Crippen LogP) is 3.05. The summed E-state index contributed by atoms with van der Waals surface area (Å²) in [5.74, 6) is -1.12. The van der Waals surface area contributed by atoms with Crippen LogP contribution in [0.3, 0.4) is 0 Å². The summed E-state index contributed by atoms with van der Waals surface area (Å²) in [5.41, 5.74) is 2.24. The van der Waals surface area contributed by atoms with Gasteiger partial charge in [0.2, 0.25) is 11.8 Å². The van der Waals surface area contributed by atoms with E-state index in [0.717, 1.165) is 15.8 Å². The van der Waals surface area contributed by atoms with Gasteiger partial charge in [0, 0.05) is 0 Å². The maximum absolute atomic E-state index is 13.1. The molecule has 0 atom stereocenters. The number of amides is 2. The summed E-state index contributed by atoms with van der Waals surface area (Å²) in [5, 5.41) is 14.2. The normalized spacial score (nSPS) is 10.5. The van der Waals surface area contributed by atoms with Gasteiger partial charge in [-0.25, -0.2) is 9.37 Å². The van der Waals surface area contributed by atoms with Gasteiger partial charge in [0.15, 0.2) is 0 Å². The molecule has 0 saturated carbocycles. The maximum Gasteiger partial charge on any atom is 0.240 e. The van der Waals surface area contributed by atoms with Crippen molar-refractivity contribution in [2.24, 2.45) is 0 Å². The van der Waals surface area contributed by atoms with Crippen LogP contribution in [0.2, 0.25) is 5.02 Å². The van der Waals surface area contributed by atoms with Crippen LogP contribution in [0, 0.1) is 17.1 Å². The zero-order chi connectivity index (χ0) is 20.1. The molecule has 142 valence electrons. The van der Waals surface area contributed by atoms with E-state index in [4.69, 9.17) is 16.9 Å². The fourth-order valence-electron chi connectivity index (χ4n) is 2.50. The van der Waals surface area contributed by atoms with Crippen molar-refractivity contribution in [2.75, 3.05) is 13.1 Å². The van der Waals surface area contributed by atoms with Crippen molar-refractivity contribution in [3.05, 3.63) is 52.2 Å². The lowest BCUT2D eigenvalue weighted by Gasteiger charge is -2.03. The number of rotatable bonds is 6. The SMILES string of the molecule is N#CCNC(=O)CNC(=O)Cc1nc2c(Cl)cc(-c3ccc(F)cc3)cc2s1. The Kier molecular flexibility index (Phi) is 6.19. The monoisotopic (exact) mass is 416 g/mol. The van der Waals surface area contributed by atoms with Crippen molar-refractivity contribution in [2.45, 2.75) is 6.42 Å². The van der Waals surface area contributed by atoms with Crippen LogP contribution in [0.25, 0.3) is 21.3 Å². The van der Waals surface area contributed by atoms with Gasteiger partial charge in [-0.3, -0.25) is 9.59 Å².